The van der Waals surface area contributed by atoms with Gasteiger partial charge in [-0.1, -0.05) is 20.8 Å². The predicted octanol–water partition coefficient (Wildman–Crippen LogP) is 5.11. The molecule has 25 heavy (non-hydrogen) atoms. The molecule has 5 fully saturated rings. The molecule has 0 amide bonds. The summed E-state index contributed by atoms with van der Waals surface area (Å²) in [5.41, 5.74) is 1.45. The van der Waals surface area contributed by atoms with Crippen molar-refractivity contribution in [3.63, 3.8) is 0 Å². The molecule has 0 aromatic carbocycles. The van der Waals surface area contributed by atoms with Crippen LogP contribution in [0.25, 0.3) is 0 Å². The molecule has 0 radical (unpaired) electrons. The van der Waals surface area contributed by atoms with Gasteiger partial charge in [0.05, 0.1) is 6.10 Å². The van der Waals surface area contributed by atoms with Gasteiger partial charge < -0.3 is 9.53 Å². The van der Waals surface area contributed by atoms with Gasteiger partial charge in [0.1, 0.15) is 6.29 Å². The number of hydrogen-bond acceptors (Lipinski definition) is 2. The van der Waals surface area contributed by atoms with Crippen LogP contribution in [0, 0.1) is 51.8 Å². The number of hydrogen-bond donors (Lipinski definition) is 0. The first-order valence-corrected chi connectivity index (χ1v) is 10.9. The highest BCUT2D eigenvalue weighted by molar-refractivity contribution is 5.53. The molecule has 5 saturated carbocycles. The molecule has 0 saturated heterocycles. The molecule has 5 rings (SSSR count). The molecule has 1 spiro atoms. The van der Waals surface area contributed by atoms with E-state index in [2.05, 4.69) is 20.8 Å². The zero-order valence-electron chi connectivity index (χ0n) is 16.6. The second-order valence-electron chi connectivity index (χ2n) is 11.0. The van der Waals surface area contributed by atoms with Crippen molar-refractivity contribution in [1.82, 2.24) is 0 Å². The van der Waals surface area contributed by atoms with E-state index < -0.39 is 0 Å². The Bertz CT molecular complexity index is 587. The Kier molecular flexibility index (Phi) is 3.43. The minimum atomic E-state index is 0.231. The minimum Gasteiger partial charge on any atom is -0.381 e. The van der Waals surface area contributed by atoms with Gasteiger partial charge in [0.25, 0.3) is 0 Å². The van der Waals surface area contributed by atoms with Gasteiger partial charge in [0.2, 0.25) is 0 Å². The third kappa shape index (κ3) is 1.79. The van der Waals surface area contributed by atoms with Crippen LogP contribution in [0.3, 0.4) is 0 Å². The minimum absolute atomic E-state index is 0.231. The van der Waals surface area contributed by atoms with Gasteiger partial charge in [-0.2, -0.15) is 0 Å². The molecule has 0 aliphatic heterocycles. The molecule has 5 aliphatic rings. The van der Waals surface area contributed by atoms with Gasteiger partial charge in [-0.15, -0.1) is 0 Å². The molecular weight excluding hydrogens is 308 g/mol. The Morgan fingerprint density at radius 3 is 2.56 bits per heavy atom. The molecule has 140 valence electrons. The predicted molar refractivity (Wildman–Crippen MR) is 99.1 cm³/mol. The molecule has 8 unspecified atom stereocenters. The first-order chi connectivity index (χ1) is 11.9. The number of aldehydes is 1. The van der Waals surface area contributed by atoms with Crippen molar-refractivity contribution in [1.29, 1.82) is 0 Å². The number of carbonyl (C=O) groups is 1. The highest BCUT2D eigenvalue weighted by Crippen LogP contribution is 2.82. The summed E-state index contributed by atoms with van der Waals surface area (Å²) in [6.07, 6.45) is 12.7. The number of methoxy groups -OCH3 is 1. The van der Waals surface area contributed by atoms with Crippen LogP contribution in [0.2, 0.25) is 0 Å². The Morgan fingerprint density at radius 2 is 1.88 bits per heavy atom. The van der Waals surface area contributed by atoms with Crippen molar-refractivity contribution in [2.45, 2.75) is 78.2 Å². The van der Waals surface area contributed by atoms with Crippen LogP contribution < -0.4 is 0 Å². The Hall–Kier alpha value is -0.370. The van der Waals surface area contributed by atoms with E-state index in [0.717, 1.165) is 23.7 Å². The van der Waals surface area contributed by atoms with E-state index >= 15 is 0 Å². The maximum absolute atomic E-state index is 11.5. The highest BCUT2D eigenvalue weighted by atomic mass is 16.5. The SMILES string of the molecule is COC1CC2C3CCC([C@H](C)C=O)C3(C)CCC2[C@@]2(C)CCC3CC312. The van der Waals surface area contributed by atoms with Crippen molar-refractivity contribution in [3.8, 4) is 0 Å². The van der Waals surface area contributed by atoms with Crippen molar-refractivity contribution in [2.75, 3.05) is 7.11 Å². The van der Waals surface area contributed by atoms with E-state index in [-0.39, 0.29) is 5.92 Å². The first-order valence-electron chi connectivity index (χ1n) is 10.9. The second kappa shape index (κ2) is 5.12. The molecule has 5 aliphatic carbocycles. The molecule has 0 bridgehead atoms. The third-order valence-electron chi connectivity index (χ3n) is 10.8. The van der Waals surface area contributed by atoms with E-state index in [1.54, 1.807) is 0 Å². The average molecular weight is 345 g/mol. The van der Waals surface area contributed by atoms with Crippen LogP contribution in [0.4, 0.5) is 0 Å². The molecule has 0 heterocycles. The fourth-order valence-corrected chi connectivity index (χ4v) is 9.58. The van der Waals surface area contributed by atoms with Crippen molar-refractivity contribution in [2.24, 2.45) is 51.8 Å². The topological polar surface area (TPSA) is 26.3 Å². The Labute approximate surface area is 153 Å². The van der Waals surface area contributed by atoms with E-state index in [1.165, 1.54) is 57.7 Å². The normalized spacial score (nSPS) is 60.2. The zero-order valence-corrected chi connectivity index (χ0v) is 16.6. The van der Waals surface area contributed by atoms with E-state index in [4.69, 9.17) is 4.74 Å². The lowest BCUT2D eigenvalue weighted by Crippen LogP contribution is -2.57. The van der Waals surface area contributed by atoms with Gasteiger partial charge >= 0.3 is 0 Å². The van der Waals surface area contributed by atoms with Gasteiger partial charge in [-0.3, -0.25) is 0 Å². The van der Waals surface area contributed by atoms with Crippen molar-refractivity contribution < 1.29 is 9.53 Å². The van der Waals surface area contributed by atoms with Gasteiger partial charge in [-0.05, 0) is 91.8 Å². The summed E-state index contributed by atoms with van der Waals surface area (Å²) in [7, 11) is 1.97. The molecule has 0 N–H and O–H groups in total. The third-order valence-corrected chi connectivity index (χ3v) is 10.8. The summed E-state index contributed by atoms with van der Waals surface area (Å²) in [6, 6.07) is 0. The summed E-state index contributed by atoms with van der Waals surface area (Å²) in [6.45, 7) is 7.35. The number of fused-ring (bicyclic) bond motifs is 4. The maximum Gasteiger partial charge on any atom is 0.123 e. The fraction of sp³-hybridized carbons (Fsp3) is 0.957. The quantitative estimate of drug-likeness (QED) is 0.665. The number of carbonyl (C=O) groups excluding carboxylic acids is 1. The summed E-state index contributed by atoms with van der Waals surface area (Å²) in [5, 5.41) is 0. The fourth-order valence-electron chi connectivity index (χ4n) is 9.58. The van der Waals surface area contributed by atoms with E-state index in [0.29, 0.717) is 28.3 Å². The van der Waals surface area contributed by atoms with E-state index in [9.17, 15) is 4.79 Å². The number of rotatable bonds is 3. The Morgan fingerprint density at radius 1 is 1.08 bits per heavy atom. The second-order valence-corrected chi connectivity index (χ2v) is 11.0. The van der Waals surface area contributed by atoms with Gasteiger partial charge in [0.15, 0.2) is 0 Å². The summed E-state index contributed by atoms with van der Waals surface area (Å²) >= 11 is 0. The van der Waals surface area contributed by atoms with Crippen LogP contribution in [0.15, 0.2) is 0 Å². The molecule has 0 aromatic rings. The van der Waals surface area contributed by atoms with Crippen LogP contribution in [0.5, 0.6) is 0 Å². The van der Waals surface area contributed by atoms with Crippen LogP contribution in [-0.2, 0) is 9.53 Å². The number of ether oxygens (including phenoxy) is 1. The standard InChI is InChI=1S/C23H36O2/c1-14(13-24)17-5-6-18-16-11-20(25-4)23-12-15(23)7-10-22(23,3)19(16)8-9-21(17,18)2/h13-20H,5-12H2,1-4H3/t14-,15?,16?,17?,18?,19?,20?,21?,22-,23?/m1/s1. The molecule has 10 atom stereocenters. The van der Waals surface area contributed by atoms with Crippen molar-refractivity contribution >= 4 is 6.29 Å². The molecule has 0 aromatic heterocycles. The highest BCUT2D eigenvalue weighted by Gasteiger charge is 2.77. The summed E-state index contributed by atoms with van der Waals surface area (Å²) in [5.74, 6) is 4.37. The molecular formula is C23H36O2. The average Bonchev–Trinajstić information content (AvgIpc) is 3.12. The van der Waals surface area contributed by atoms with Gasteiger partial charge in [-0.25, -0.2) is 0 Å². The monoisotopic (exact) mass is 344 g/mol. The Balaban J connectivity index is 1.50. The smallest absolute Gasteiger partial charge is 0.123 e. The largest absolute Gasteiger partial charge is 0.381 e. The van der Waals surface area contributed by atoms with Gasteiger partial charge in [0, 0.05) is 18.4 Å². The van der Waals surface area contributed by atoms with Crippen LogP contribution in [-0.4, -0.2) is 19.5 Å². The lowest BCUT2D eigenvalue weighted by molar-refractivity contribution is -0.161. The van der Waals surface area contributed by atoms with Crippen molar-refractivity contribution in [3.05, 3.63) is 0 Å². The van der Waals surface area contributed by atoms with E-state index in [1.807, 2.05) is 7.11 Å². The zero-order chi connectivity index (χ0) is 17.6. The van der Waals surface area contributed by atoms with Crippen LogP contribution >= 0.6 is 0 Å². The maximum atomic E-state index is 11.5. The molecule has 2 heteroatoms. The molecule has 2 nitrogen and oxygen atoms in total. The lowest BCUT2D eigenvalue weighted by atomic mass is 9.45. The van der Waals surface area contributed by atoms with Crippen LogP contribution in [0.1, 0.15) is 72.1 Å². The first kappa shape index (κ1) is 16.8. The lowest BCUT2D eigenvalue weighted by Gasteiger charge is -2.61. The summed E-state index contributed by atoms with van der Waals surface area (Å²) < 4.78 is 6.18. The summed E-state index contributed by atoms with van der Waals surface area (Å²) in [4.78, 5) is 11.5.